The first-order valence-electron chi connectivity index (χ1n) is 9.62. The lowest BCUT2D eigenvalue weighted by atomic mass is 10.1. The van der Waals surface area contributed by atoms with Crippen molar-refractivity contribution in [3.63, 3.8) is 0 Å². The molecule has 0 saturated carbocycles. The van der Waals surface area contributed by atoms with Crippen LogP contribution in [0.3, 0.4) is 0 Å². The normalized spacial score (nSPS) is 11.7. The molecule has 0 spiro atoms. The van der Waals surface area contributed by atoms with Crippen LogP contribution < -0.4 is 5.32 Å². The molecule has 154 valence electrons. The number of Topliss-reactive ketones (excluding diaryl/α,β-unsaturated/α-hetero) is 1. The van der Waals surface area contributed by atoms with E-state index in [4.69, 9.17) is 0 Å². The first-order chi connectivity index (χ1) is 14.5. The largest absolute Gasteiger partial charge is 0.342 e. The lowest BCUT2D eigenvalue weighted by Gasteiger charge is -2.16. The number of nitrogens with zero attached hydrogens (tertiary/aromatic N) is 3. The van der Waals surface area contributed by atoms with Crippen LogP contribution in [0.1, 0.15) is 45.1 Å². The molecule has 6 nitrogen and oxygen atoms in total. The molecule has 0 aliphatic heterocycles. The minimum absolute atomic E-state index is 0.0243. The number of carbonyl (C=O) groups excluding carboxylic acids is 2. The smallest absolute Gasteiger partial charge is 0.252 e. The highest BCUT2D eigenvalue weighted by Gasteiger charge is 2.21. The quantitative estimate of drug-likeness (QED) is 0.318. The van der Waals surface area contributed by atoms with Gasteiger partial charge in [-0.25, -0.2) is 0 Å². The van der Waals surface area contributed by atoms with Crippen molar-refractivity contribution in [2.75, 3.05) is 5.75 Å². The summed E-state index contributed by atoms with van der Waals surface area (Å²) in [4.78, 5) is 25.1. The number of amides is 1. The van der Waals surface area contributed by atoms with Gasteiger partial charge in [0.05, 0.1) is 11.8 Å². The molecule has 3 aromatic rings. The maximum Gasteiger partial charge on any atom is 0.252 e. The van der Waals surface area contributed by atoms with Crippen molar-refractivity contribution >= 4 is 23.5 Å². The van der Waals surface area contributed by atoms with Crippen molar-refractivity contribution in [2.45, 2.75) is 31.6 Å². The topological polar surface area (TPSA) is 76.9 Å². The van der Waals surface area contributed by atoms with Gasteiger partial charge in [-0.1, -0.05) is 66.4 Å². The van der Waals surface area contributed by atoms with E-state index in [-0.39, 0.29) is 23.5 Å². The Morgan fingerprint density at radius 3 is 2.53 bits per heavy atom. The SMILES string of the molecule is C=CCn1c(SCC(=O)c2ccccc2)nnc1C(C)NC(=O)c1ccccc1C. The Morgan fingerprint density at radius 2 is 1.83 bits per heavy atom. The van der Waals surface area contributed by atoms with Gasteiger partial charge in [-0.2, -0.15) is 0 Å². The van der Waals surface area contributed by atoms with Crippen LogP contribution in [0.15, 0.2) is 72.4 Å². The molecular formula is C23H24N4O2S. The molecule has 0 saturated heterocycles. The zero-order valence-corrected chi connectivity index (χ0v) is 17.9. The van der Waals surface area contributed by atoms with Crippen LogP contribution in [0.2, 0.25) is 0 Å². The summed E-state index contributed by atoms with van der Waals surface area (Å²) in [6, 6.07) is 16.2. The lowest BCUT2D eigenvalue weighted by Crippen LogP contribution is -2.29. The number of hydrogen-bond donors (Lipinski definition) is 1. The first-order valence-corrected chi connectivity index (χ1v) is 10.6. The highest BCUT2D eigenvalue weighted by atomic mass is 32.2. The van der Waals surface area contributed by atoms with Crippen molar-refractivity contribution < 1.29 is 9.59 Å². The first kappa shape index (κ1) is 21.5. The van der Waals surface area contributed by atoms with Gasteiger partial charge in [-0.3, -0.25) is 9.59 Å². The van der Waals surface area contributed by atoms with Crippen LogP contribution in [0, 0.1) is 6.92 Å². The predicted octanol–water partition coefficient (Wildman–Crippen LogP) is 4.24. The van der Waals surface area contributed by atoms with E-state index in [1.807, 2.05) is 54.8 Å². The van der Waals surface area contributed by atoms with Crippen molar-refractivity contribution in [3.05, 3.63) is 89.8 Å². The second-order valence-electron chi connectivity index (χ2n) is 6.83. The maximum absolute atomic E-state index is 12.7. The molecule has 1 amide bonds. The van der Waals surface area contributed by atoms with Crippen LogP contribution in [0.5, 0.6) is 0 Å². The number of hydrogen-bond acceptors (Lipinski definition) is 5. The van der Waals surface area contributed by atoms with Gasteiger partial charge in [0.2, 0.25) is 0 Å². The van der Waals surface area contributed by atoms with Gasteiger partial charge in [0, 0.05) is 17.7 Å². The Bertz CT molecular complexity index is 1050. The van der Waals surface area contributed by atoms with Crippen molar-refractivity contribution in [3.8, 4) is 0 Å². The van der Waals surface area contributed by atoms with Gasteiger partial charge in [0.1, 0.15) is 0 Å². The summed E-state index contributed by atoms with van der Waals surface area (Å²) in [5.41, 5.74) is 2.20. The third-order valence-electron chi connectivity index (χ3n) is 4.61. The van der Waals surface area contributed by atoms with E-state index in [2.05, 4.69) is 22.1 Å². The molecule has 0 bridgehead atoms. The fraction of sp³-hybridized carbons (Fsp3) is 0.217. The van der Waals surface area contributed by atoms with Crippen LogP contribution in [-0.2, 0) is 6.54 Å². The molecule has 7 heteroatoms. The third-order valence-corrected chi connectivity index (χ3v) is 5.58. The van der Waals surface area contributed by atoms with Gasteiger partial charge in [-0.15, -0.1) is 16.8 Å². The number of rotatable bonds is 9. The summed E-state index contributed by atoms with van der Waals surface area (Å²) < 4.78 is 1.87. The van der Waals surface area contributed by atoms with E-state index in [1.54, 1.807) is 24.3 Å². The molecule has 1 heterocycles. The minimum atomic E-state index is -0.358. The molecule has 2 aromatic carbocycles. The number of aromatic nitrogens is 3. The van der Waals surface area contributed by atoms with E-state index in [0.29, 0.717) is 28.7 Å². The Labute approximate surface area is 180 Å². The molecule has 0 aliphatic carbocycles. The Hall–Kier alpha value is -3.19. The molecule has 0 aliphatic rings. The van der Waals surface area contributed by atoms with Gasteiger partial charge in [0.25, 0.3) is 5.91 Å². The number of aryl methyl sites for hydroxylation is 1. The summed E-state index contributed by atoms with van der Waals surface area (Å²) in [5.74, 6) is 0.730. The number of carbonyl (C=O) groups is 2. The van der Waals surface area contributed by atoms with Gasteiger partial charge >= 0.3 is 0 Å². The van der Waals surface area contributed by atoms with E-state index < -0.39 is 0 Å². The second-order valence-corrected chi connectivity index (χ2v) is 7.77. The summed E-state index contributed by atoms with van der Waals surface area (Å²) in [7, 11) is 0. The molecule has 1 aromatic heterocycles. The number of thioether (sulfide) groups is 1. The van der Waals surface area contributed by atoms with Crippen LogP contribution >= 0.6 is 11.8 Å². The Kier molecular flexibility index (Phi) is 7.19. The monoisotopic (exact) mass is 420 g/mol. The number of allylic oxidation sites excluding steroid dienone is 1. The molecule has 0 radical (unpaired) electrons. The fourth-order valence-electron chi connectivity index (χ4n) is 3.03. The van der Waals surface area contributed by atoms with E-state index in [1.165, 1.54) is 11.8 Å². The number of nitrogens with one attached hydrogen (secondary N) is 1. The fourth-order valence-corrected chi connectivity index (χ4v) is 3.88. The number of benzene rings is 2. The molecule has 1 N–H and O–H groups in total. The average Bonchev–Trinajstić information content (AvgIpc) is 3.16. The molecule has 1 atom stereocenters. The van der Waals surface area contributed by atoms with Crippen molar-refractivity contribution in [1.29, 1.82) is 0 Å². The summed E-state index contributed by atoms with van der Waals surface area (Å²) in [5, 5.41) is 12.1. The van der Waals surface area contributed by atoms with Crippen molar-refractivity contribution in [1.82, 2.24) is 20.1 Å². The van der Waals surface area contributed by atoms with E-state index in [9.17, 15) is 9.59 Å². The maximum atomic E-state index is 12.7. The molecule has 0 fully saturated rings. The van der Waals surface area contributed by atoms with E-state index in [0.717, 1.165) is 5.56 Å². The zero-order valence-electron chi connectivity index (χ0n) is 17.0. The predicted molar refractivity (Wildman–Crippen MR) is 119 cm³/mol. The van der Waals surface area contributed by atoms with Crippen LogP contribution in [-0.4, -0.2) is 32.2 Å². The summed E-state index contributed by atoms with van der Waals surface area (Å²) in [6.45, 7) is 8.05. The van der Waals surface area contributed by atoms with Crippen molar-refractivity contribution in [2.24, 2.45) is 0 Å². The van der Waals surface area contributed by atoms with Gasteiger partial charge < -0.3 is 9.88 Å². The molecule has 1 unspecified atom stereocenters. The third kappa shape index (κ3) is 5.04. The lowest BCUT2D eigenvalue weighted by molar-refractivity contribution is 0.0936. The second kappa shape index (κ2) is 10.0. The minimum Gasteiger partial charge on any atom is -0.342 e. The van der Waals surface area contributed by atoms with Crippen LogP contribution in [0.25, 0.3) is 0 Å². The summed E-state index contributed by atoms with van der Waals surface area (Å²) >= 11 is 1.33. The molecule has 3 rings (SSSR count). The Morgan fingerprint density at radius 1 is 1.13 bits per heavy atom. The van der Waals surface area contributed by atoms with Gasteiger partial charge in [0.15, 0.2) is 16.8 Å². The average molecular weight is 421 g/mol. The standard InChI is InChI=1S/C23H24N4O2S/c1-4-14-27-21(17(3)24-22(29)19-13-9-8-10-16(19)2)25-26-23(27)30-15-20(28)18-11-6-5-7-12-18/h4-13,17H,1,14-15H2,2-3H3,(H,24,29). The van der Waals surface area contributed by atoms with Gasteiger partial charge in [-0.05, 0) is 25.5 Å². The highest BCUT2D eigenvalue weighted by molar-refractivity contribution is 7.99. The number of ketones is 1. The molecule has 30 heavy (non-hydrogen) atoms. The van der Waals surface area contributed by atoms with E-state index >= 15 is 0 Å². The zero-order chi connectivity index (χ0) is 21.5. The van der Waals surface area contributed by atoms with Crippen LogP contribution in [0.4, 0.5) is 0 Å². The summed E-state index contributed by atoms with van der Waals surface area (Å²) in [6.07, 6.45) is 1.74. The highest BCUT2D eigenvalue weighted by Crippen LogP contribution is 2.22. The Balaban J connectivity index is 1.73. The molecular weight excluding hydrogens is 396 g/mol.